The number of pyridine rings is 1. The summed E-state index contributed by atoms with van der Waals surface area (Å²) in [7, 11) is 0. The van der Waals surface area contributed by atoms with E-state index in [1.54, 1.807) is 6.92 Å². The third kappa shape index (κ3) is 3.39. The highest BCUT2D eigenvalue weighted by Gasteiger charge is 2.18. The van der Waals surface area contributed by atoms with E-state index in [1.807, 2.05) is 0 Å². The number of hydrogen-bond donors (Lipinski definition) is 0. The van der Waals surface area contributed by atoms with Crippen LogP contribution in [-0.4, -0.2) is 17.4 Å². The number of aromatic nitrogens is 1. The van der Waals surface area contributed by atoms with Crippen LogP contribution in [0.2, 0.25) is 5.02 Å². The maximum absolute atomic E-state index is 13.3. The molecule has 1 aromatic carbocycles. The van der Waals surface area contributed by atoms with Crippen LogP contribution in [0.25, 0.3) is 0 Å². The maximum atomic E-state index is 13.3. The quantitative estimate of drug-likeness (QED) is 0.743. The minimum atomic E-state index is -1.01. The molecule has 1 heterocycles. The number of carbonyl (C=O) groups is 1. The first-order valence-electron chi connectivity index (χ1n) is 6.02. The summed E-state index contributed by atoms with van der Waals surface area (Å²) in [6, 6.07) is 4.76. The molecule has 2 aromatic rings. The average Bonchev–Trinajstić information content (AvgIpc) is 2.46. The maximum Gasteiger partial charge on any atom is 0.259 e. The van der Waals surface area contributed by atoms with Gasteiger partial charge in [0.05, 0.1) is 10.6 Å². The summed E-state index contributed by atoms with van der Waals surface area (Å²) in [6.45, 7) is 2.02. The van der Waals surface area contributed by atoms with Gasteiger partial charge in [0.25, 0.3) is 5.91 Å². The van der Waals surface area contributed by atoms with E-state index in [0.717, 1.165) is 12.1 Å². The van der Waals surface area contributed by atoms with Gasteiger partial charge in [-0.3, -0.25) is 4.79 Å². The van der Waals surface area contributed by atoms with Crippen molar-refractivity contribution in [3.63, 3.8) is 0 Å². The highest BCUT2D eigenvalue weighted by molar-refractivity contribution is 9.10. The molecule has 0 radical (unpaired) electrons. The highest BCUT2D eigenvalue weighted by Crippen LogP contribution is 2.24. The van der Waals surface area contributed by atoms with Crippen molar-refractivity contribution in [2.45, 2.75) is 6.92 Å². The summed E-state index contributed by atoms with van der Waals surface area (Å²) in [4.78, 5) is 17.7. The first kappa shape index (κ1) is 15.9. The molecule has 0 saturated carbocycles. The molecule has 0 bridgehead atoms. The van der Waals surface area contributed by atoms with Crippen LogP contribution in [0.15, 0.2) is 35.1 Å². The zero-order chi connectivity index (χ0) is 15.6. The summed E-state index contributed by atoms with van der Waals surface area (Å²) < 4.78 is 26.7. The predicted octanol–water partition coefficient (Wildman–Crippen LogP) is 4.44. The van der Waals surface area contributed by atoms with Crippen molar-refractivity contribution in [1.29, 1.82) is 0 Å². The second-order valence-electron chi connectivity index (χ2n) is 4.14. The molecule has 0 aliphatic heterocycles. The van der Waals surface area contributed by atoms with Crippen molar-refractivity contribution >= 4 is 39.1 Å². The normalized spacial score (nSPS) is 10.5. The number of hydrogen-bond acceptors (Lipinski definition) is 2. The Hall–Kier alpha value is -1.53. The Balaban J connectivity index is 2.37. The average molecular weight is 376 g/mol. The van der Waals surface area contributed by atoms with Crippen LogP contribution >= 0.6 is 27.5 Å². The summed E-state index contributed by atoms with van der Waals surface area (Å²) >= 11 is 9.04. The fourth-order valence-electron chi connectivity index (χ4n) is 1.79. The molecule has 7 heteroatoms. The molecule has 3 nitrogen and oxygen atoms in total. The third-order valence-electron chi connectivity index (χ3n) is 2.82. The number of rotatable bonds is 3. The summed E-state index contributed by atoms with van der Waals surface area (Å²) in [5.74, 6) is -2.37. The summed E-state index contributed by atoms with van der Waals surface area (Å²) in [5.41, 5.74) is 0.523. The number of anilines is 1. The second kappa shape index (κ2) is 6.49. The molecule has 0 aliphatic rings. The van der Waals surface area contributed by atoms with Gasteiger partial charge < -0.3 is 4.90 Å². The molecule has 0 N–H and O–H groups in total. The zero-order valence-electron chi connectivity index (χ0n) is 10.9. The van der Waals surface area contributed by atoms with Crippen molar-refractivity contribution < 1.29 is 13.6 Å². The van der Waals surface area contributed by atoms with Crippen LogP contribution in [0.3, 0.4) is 0 Å². The highest BCUT2D eigenvalue weighted by atomic mass is 79.9. The minimum absolute atomic E-state index is 0.259. The van der Waals surface area contributed by atoms with Crippen LogP contribution in [0.1, 0.15) is 17.3 Å². The Morgan fingerprint density at radius 2 is 2.05 bits per heavy atom. The van der Waals surface area contributed by atoms with Crippen molar-refractivity contribution in [1.82, 2.24) is 4.98 Å². The van der Waals surface area contributed by atoms with Gasteiger partial charge >= 0.3 is 0 Å². The van der Waals surface area contributed by atoms with Crippen LogP contribution in [0.5, 0.6) is 0 Å². The topological polar surface area (TPSA) is 33.2 Å². The number of halogens is 4. The smallest absolute Gasteiger partial charge is 0.259 e. The van der Waals surface area contributed by atoms with Gasteiger partial charge in [-0.15, -0.1) is 0 Å². The van der Waals surface area contributed by atoms with E-state index in [1.165, 1.54) is 23.2 Å². The third-order valence-corrected chi connectivity index (χ3v) is 3.97. The molecule has 0 spiro atoms. The van der Waals surface area contributed by atoms with Crippen molar-refractivity contribution in [3.05, 3.63) is 57.3 Å². The van der Waals surface area contributed by atoms with Crippen LogP contribution in [0, 0.1) is 11.6 Å². The standard InChI is InChI=1S/C14H10BrClF2N2O/c1-2-20(9-3-4-11(17)12(18)6-9)14(21)8-5-10(16)13(15)19-7-8/h3-7H,2H2,1H3. The van der Waals surface area contributed by atoms with Gasteiger partial charge in [-0.05, 0) is 41.1 Å². The Labute approximate surface area is 133 Å². The zero-order valence-corrected chi connectivity index (χ0v) is 13.3. The van der Waals surface area contributed by atoms with E-state index < -0.39 is 17.5 Å². The number of carbonyl (C=O) groups excluding carboxylic acids is 1. The van der Waals surface area contributed by atoms with Crippen molar-refractivity contribution in [3.8, 4) is 0 Å². The van der Waals surface area contributed by atoms with Gasteiger partial charge in [0.1, 0.15) is 4.60 Å². The summed E-state index contributed by atoms with van der Waals surface area (Å²) in [5, 5.41) is 0.294. The Kier molecular flexibility index (Phi) is 4.90. The fourth-order valence-corrected chi connectivity index (χ4v) is 2.17. The fraction of sp³-hybridized carbons (Fsp3) is 0.143. The molecular formula is C14H10BrClF2N2O. The molecule has 110 valence electrons. The molecule has 1 amide bonds. The van der Waals surface area contributed by atoms with E-state index in [9.17, 15) is 13.6 Å². The van der Waals surface area contributed by atoms with Crippen LogP contribution in [-0.2, 0) is 0 Å². The lowest BCUT2D eigenvalue weighted by atomic mass is 10.2. The monoisotopic (exact) mass is 374 g/mol. The molecule has 0 aliphatic carbocycles. The molecule has 0 atom stereocenters. The number of amides is 1. The van der Waals surface area contributed by atoms with Crippen LogP contribution in [0.4, 0.5) is 14.5 Å². The van der Waals surface area contributed by atoms with Gasteiger partial charge in [0.2, 0.25) is 0 Å². The first-order chi connectivity index (χ1) is 9.93. The largest absolute Gasteiger partial charge is 0.308 e. The number of benzene rings is 1. The van der Waals surface area contributed by atoms with E-state index >= 15 is 0 Å². The molecule has 21 heavy (non-hydrogen) atoms. The Morgan fingerprint density at radius 1 is 1.33 bits per heavy atom. The van der Waals surface area contributed by atoms with Gasteiger partial charge in [0, 0.05) is 24.5 Å². The van der Waals surface area contributed by atoms with Gasteiger partial charge in [-0.1, -0.05) is 11.6 Å². The molecule has 2 rings (SSSR count). The van der Waals surface area contributed by atoms with E-state index in [2.05, 4.69) is 20.9 Å². The van der Waals surface area contributed by atoms with Gasteiger partial charge in [-0.25, -0.2) is 13.8 Å². The van der Waals surface area contributed by atoms with E-state index in [0.29, 0.717) is 9.63 Å². The molecule has 1 aromatic heterocycles. The lowest BCUT2D eigenvalue weighted by molar-refractivity contribution is 0.0988. The lowest BCUT2D eigenvalue weighted by Gasteiger charge is -2.21. The van der Waals surface area contributed by atoms with Crippen LogP contribution < -0.4 is 4.90 Å². The molecule has 0 unspecified atom stereocenters. The van der Waals surface area contributed by atoms with Gasteiger partial charge in [-0.2, -0.15) is 0 Å². The van der Waals surface area contributed by atoms with Gasteiger partial charge in [0.15, 0.2) is 11.6 Å². The lowest BCUT2D eigenvalue weighted by Crippen LogP contribution is -2.30. The Bertz CT molecular complexity index is 697. The molecule has 0 saturated heterocycles. The SMILES string of the molecule is CCN(C(=O)c1cnc(Br)c(Cl)c1)c1ccc(F)c(F)c1. The molecular weight excluding hydrogens is 366 g/mol. The van der Waals surface area contributed by atoms with E-state index in [-0.39, 0.29) is 17.8 Å². The second-order valence-corrected chi connectivity index (χ2v) is 5.30. The van der Waals surface area contributed by atoms with Crippen molar-refractivity contribution in [2.24, 2.45) is 0 Å². The number of nitrogens with zero attached hydrogens (tertiary/aromatic N) is 2. The minimum Gasteiger partial charge on any atom is -0.308 e. The predicted molar refractivity (Wildman–Crippen MR) is 80.7 cm³/mol. The Morgan fingerprint density at radius 3 is 2.62 bits per heavy atom. The van der Waals surface area contributed by atoms with Crippen molar-refractivity contribution in [2.75, 3.05) is 11.4 Å². The summed E-state index contributed by atoms with van der Waals surface area (Å²) in [6.07, 6.45) is 1.36. The van der Waals surface area contributed by atoms with E-state index in [4.69, 9.17) is 11.6 Å². The molecule has 0 fully saturated rings. The first-order valence-corrected chi connectivity index (χ1v) is 7.19.